The molecular weight excluding hydrogens is 436 g/mol. The Morgan fingerprint density at radius 3 is 2.09 bits per heavy atom. The lowest BCUT2D eigenvalue weighted by atomic mass is 9.94. The molecule has 1 fully saturated rings. The molecule has 0 bridgehead atoms. The van der Waals surface area contributed by atoms with Gasteiger partial charge in [-0.2, -0.15) is 0 Å². The van der Waals surface area contributed by atoms with E-state index < -0.39 is 17.7 Å². The Morgan fingerprint density at radius 2 is 1.59 bits per heavy atom. The Labute approximate surface area is 200 Å². The zero-order valence-electron chi connectivity index (χ0n) is 20.5. The van der Waals surface area contributed by atoms with E-state index in [4.69, 9.17) is 14.2 Å². The van der Waals surface area contributed by atoms with Gasteiger partial charge in [-0.05, 0) is 51.7 Å². The highest BCUT2D eigenvalue weighted by atomic mass is 16.5. The number of aryl methyl sites for hydroxylation is 1. The summed E-state index contributed by atoms with van der Waals surface area (Å²) in [7, 11) is 8.40. The minimum absolute atomic E-state index is 0.0352. The average molecular weight is 469 g/mol. The van der Waals surface area contributed by atoms with Gasteiger partial charge in [-0.3, -0.25) is 9.59 Å². The molecule has 0 aromatic heterocycles. The molecule has 1 saturated heterocycles. The number of carbonyl (C=O) groups is 2. The van der Waals surface area contributed by atoms with Crippen LogP contribution in [-0.2, 0) is 9.59 Å². The maximum absolute atomic E-state index is 13.2. The molecule has 1 N–H and O–H groups in total. The third-order valence-electron chi connectivity index (χ3n) is 5.87. The standard InChI is InChI=1S/C26H32N2O6/c1-16-8-10-17(11-9-16)23(29)21-22(28(26(31)24(21)30)13-7-12-27(2)3)18-14-19(32-4)25(34-6)20(15-18)33-5/h8-11,14-15,22,29H,7,12-13H2,1-6H3/t22-/m0/s1. The second-order valence-corrected chi connectivity index (χ2v) is 8.47. The summed E-state index contributed by atoms with van der Waals surface area (Å²) in [5, 5.41) is 11.2. The Hall–Kier alpha value is -3.52. The number of aliphatic hydroxyl groups is 1. The van der Waals surface area contributed by atoms with Crippen LogP contribution in [0.1, 0.15) is 29.2 Å². The third kappa shape index (κ3) is 4.87. The number of benzene rings is 2. The Morgan fingerprint density at radius 1 is 1.00 bits per heavy atom. The smallest absolute Gasteiger partial charge is 0.295 e. The summed E-state index contributed by atoms with van der Waals surface area (Å²) in [6.45, 7) is 3.01. The van der Waals surface area contributed by atoms with E-state index >= 15 is 0 Å². The molecule has 1 aliphatic heterocycles. The summed E-state index contributed by atoms with van der Waals surface area (Å²) in [5.74, 6) is -0.394. The summed E-state index contributed by atoms with van der Waals surface area (Å²) in [6, 6.07) is 9.76. The maximum atomic E-state index is 13.2. The number of hydrogen-bond donors (Lipinski definition) is 1. The first-order valence-electron chi connectivity index (χ1n) is 11.0. The Kier molecular flexibility index (Phi) is 7.83. The molecule has 3 rings (SSSR count). The summed E-state index contributed by atoms with van der Waals surface area (Å²) >= 11 is 0. The van der Waals surface area contributed by atoms with Crippen molar-refractivity contribution in [2.75, 3.05) is 48.5 Å². The first-order chi connectivity index (χ1) is 16.2. The molecule has 0 spiro atoms. The van der Waals surface area contributed by atoms with Gasteiger partial charge in [-0.25, -0.2) is 0 Å². The van der Waals surface area contributed by atoms with Crippen LogP contribution in [0.2, 0.25) is 0 Å². The summed E-state index contributed by atoms with van der Waals surface area (Å²) < 4.78 is 16.4. The predicted molar refractivity (Wildman–Crippen MR) is 129 cm³/mol. The number of carbonyl (C=O) groups excluding carboxylic acids is 2. The van der Waals surface area contributed by atoms with Gasteiger partial charge in [-0.15, -0.1) is 0 Å². The molecule has 1 heterocycles. The minimum atomic E-state index is -0.808. The van der Waals surface area contributed by atoms with Crippen molar-refractivity contribution in [2.45, 2.75) is 19.4 Å². The van der Waals surface area contributed by atoms with Crippen LogP contribution in [0.3, 0.4) is 0 Å². The number of methoxy groups -OCH3 is 3. The Balaban J connectivity index is 2.21. The van der Waals surface area contributed by atoms with Crippen molar-refractivity contribution in [2.24, 2.45) is 0 Å². The van der Waals surface area contributed by atoms with E-state index in [0.29, 0.717) is 41.3 Å². The normalized spacial score (nSPS) is 17.4. The molecule has 1 aliphatic rings. The summed E-state index contributed by atoms with van der Waals surface area (Å²) in [4.78, 5) is 29.8. The molecule has 2 aromatic carbocycles. The molecule has 0 aliphatic carbocycles. The summed E-state index contributed by atoms with van der Waals surface area (Å²) in [5.41, 5.74) is 2.09. The fraction of sp³-hybridized carbons (Fsp3) is 0.385. The van der Waals surface area contributed by atoms with Crippen molar-refractivity contribution in [3.05, 3.63) is 58.7 Å². The van der Waals surface area contributed by atoms with E-state index in [1.807, 2.05) is 38.1 Å². The number of aliphatic hydroxyl groups excluding tert-OH is 1. The highest BCUT2D eigenvalue weighted by Gasteiger charge is 2.46. The molecule has 0 saturated carbocycles. The SMILES string of the molecule is COc1cc([C@H]2C(=C(O)c3ccc(C)cc3)C(=O)C(=O)N2CCCN(C)C)cc(OC)c1OC. The Bertz CT molecular complexity index is 1070. The fourth-order valence-electron chi connectivity index (χ4n) is 4.14. The van der Waals surface area contributed by atoms with Crippen molar-refractivity contribution in [3.8, 4) is 17.2 Å². The first-order valence-corrected chi connectivity index (χ1v) is 11.0. The van der Waals surface area contributed by atoms with E-state index in [-0.39, 0.29) is 11.3 Å². The first kappa shape index (κ1) is 25.1. The molecule has 8 nitrogen and oxygen atoms in total. The van der Waals surface area contributed by atoms with Gasteiger partial charge in [0.05, 0.1) is 32.9 Å². The van der Waals surface area contributed by atoms with E-state index in [1.165, 1.54) is 26.2 Å². The predicted octanol–water partition coefficient (Wildman–Crippen LogP) is 3.39. The lowest BCUT2D eigenvalue weighted by Gasteiger charge is -2.27. The molecule has 182 valence electrons. The van der Waals surface area contributed by atoms with Crippen LogP contribution in [0.5, 0.6) is 17.2 Å². The van der Waals surface area contributed by atoms with Crippen LogP contribution in [0, 0.1) is 6.92 Å². The molecule has 34 heavy (non-hydrogen) atoms. The van der Waals surface area contributed by atoms with E-state index in [1.54, 1.807) is 24.3 Å². The topological polar surface area (TPSA) is 88.5 Å². The van der Waals surface area contributed by atoms with Crippen LogP contribution in [0.25, 0.3) is 5.76 Å². The minimum Gasteiger partial charge on any atom is -0.507 e. The lowest BCUT2D eigenvalue weighted by Crippen LogP contribution is -2.32. The van der Waals surface area contributed by atoms with Crippen molar-refractivity contribution in [3.63, 3.8) is 0 Å². The van der Waals surface area contributed by atoms with Gasteiger partial charge < -0.3 is 29.1 Å². The van der Waals surface area contributed by atoms with Gasteiger partial charge >= 0.3 is 0 Å². The van der Waals surface area contributed by atoms with Crippen LogP contribution < -0.4 is 14.2 Å². The van der Waals surface area contributed by atoms with E-state index in [9.17, 15) is 14.7 Å². The largest absolute Gasteiger partial charge is 0.507 e. The molecule has 0 unspecified atom stereocenters. The van der Waals surface area contributed by atoms with Crippen LogP contribution >= 0.6 is 0 Å². The van der Waals surface area contributed by atoms with Crippen molar-refractivity contribution in [1.29, 1.82) is 0 Å². The molecule has 1 amide bonds. The van der Waals surface area contributed by atoms with Gasteiger partial charge in [-0.1, -0.05) is 29.8 Å². The number of hydrogen-bond acceptors (Lipinski definition) is 7. The van der Waals surface area contributed by atoms with Crippen molar-refractivity contribution < 1.29 is 28.9 Å². The molecular formula is C26H32N2O6. The fourth-order valence-corrected chi connectivity index (χ4v) is 4.14. The number of likely N-dealkylation sites (tertiary alicyclic amines) is 1. The number of ether oxygens (including phenoxy) is 3. The van der Waals surface area contributed by atoms with Gasteiger partial charge in [0.25, 0.3) is 11.7 Å². The second kappa shape index (κ2) is 10.6. The molecule has 2 aromatic rings. The molecule has 1 atom stereocenters. The monoisotopic (exact) mass is 468 g/mol. The zero-order chi connectivity index (χ0) is 25.0. The number of ketones is 1. The highest BCUT2D eigenvalue weighted by Crippen LogP contribution is 2.45. The van der Waals surface area contributed by atoms with E-state index in [2.05, 4.69) is 0 Å². The lowest BCUT2D eigenvalue weighted by molar-refractivity contribution is -0.139. The van der Waals surface area contributed by atoms with Crippen LogP contribution in [0.4, 0.5) is 0 Å². The van der Waals surface area contributed by atoms with E-state index in [0.717, 1.165) is 12.1 Å². The molecule has 0 radical (unpaired) electrons. The van der Waals surface area contributed by atoms with Crippen molar-refractivity contribution in [1.82, 2.24) is 9.80 Å². The molecule has 8 heteroatoms. The maximum Gasteiger partial charge on any atom is 0.295 e. The summed E-state index contributed by atoms with van der Waals surface area (Å²) in [6.07, 6.45) is 0.658. The van der Waals surface area contributed by atoms with Gasteiger partial charge in [0.15, 0.2) is 11.5 Å². The number of amides is 1. The van der Waals surface area contributed by atoms with Crippen LogP contribution in [-0.4, -0.2) is 75.1 Å². The quantitative estimate of drug-likeness (QED) is 0.343. The average Bonchev–Trinajstić information content (AvgIpc) is 3.07. The van der Waals surface area contributed by atoms with Gasteiger partial charge in [0, 0.05) is 12.1 Å². The van der Waals surface area contributed by atoms with Crippen molar-refractivity contribution >= 4 is 17.4 Å². The second-order valence-electron chi connectivity index (χ2n) is 8.47. The number of nitrogens with zero attached hydrogens (tertiary/aromatic N) is 2. The highest BCUT2D eigenvalue weighted by molar-refractivity contribution is 6.46. The van der Waals surface area contributed by atoms with Gasteiger partial charge in [0.2, 0.25) is 5.75 Å². The van der Waals surface area contributed by atoms with Gasteiger partial charge in [0.1, 0.15) is 5.76 Å². The number of Topliss-reactive ketones (excluding diaryl/α,β-unsaturated/α-hetero) is 1. The third-order valence-corrected chi connectivity index (χ3v) is 5.87. The zero-order valence-corrected chi connectivity index (χ0v) is 20.5. The van der Waals surface area contributed by atoms with Crippen LogP contribution in [0.15, 0.2) is 42.0 Å². The number of rotatable bonds is 9.